The summed E-state index contributed by atoms with van der Waals surface area (Å²) in [6.07, 6.45) is 0.0808. The van der Waals surface area contributed by atoms with Gasteiger partial charge in [-0.25, -0.2) is 0 Å². The quantitative estimate of drug-likeness (QED) is 0.681. The first kappa shape index (κ1) is 19.6. The maximum Gasteiger partial charge on any atom is 0.255 e. The van der Waals surface area contributed by atoms with E-state index in [0.29, 0.717) is 40.3 Å². The number of amides is 1. The molecule has 0 aromatic heterocycles. The Kier molecular flexibility index (Phi) is 7.12. The molecule has 0 spiro atoms. The Bertz CT molecular complexity index is 747. The SMILES string of the molecule is CCOc1ccc(C(=O)Nc2cccc(Cl)c2Cl)cc1COC(C)C. The van der Waals surface area contributed by atoms with Crippen molar-refractivity contribution < 1.29 is 14.3 Å². The van der Waals surface area contributed by atoms with E-state index < -0.39 is 0 Å². The van der Waals surface area contributed by atoms with E-state index in [4.69, 9.17) is 32.7 Å². The van der Waals surface area contributed by atoms with Crippen LogP contribution in [0, 0.1) is 0 Å². The molecule has 0 atom stereocenters. The number of hydrogen-bond acceptors (Lipinski definition) is 3. The molecule has 1 amide bonds. The molecule has 0 radical (unpaired) electrons. The summed E-state index contributed by atoms with van der Waals surface area (Å²) in [6, 6.07) is 10.3. The molecule has 0 aliphatic carbocycles. The fourth-order valence-corrected chi connectivity index (χ4v) is 2.53. The average Bonchev–Trinajstić information content (AvgIpc) is 2.58. The molecule has 0 saturated heterocycles. The van der Waals surface area contributed by atoms with Crippen molar-refractivity contribution in [2.45, 2.75) is 33.5 Å². The van der Waals surface area contributed by atoms with E-state index >= 15 is 0 Å². The van der Waals surface area contributed by atoms with E-state index in [1.54, 1.807) is 36.4 Å². The van der Waals surface area contributed by atoms with E-state index in [2.05, 4.69) is 5.32 Å². The van der Waals surface area contributed by atoms with Crippen molar-refractivity contribution in [1.82, 2.24) is 0 Å². The van der Waals surface area contributed by atoms with Crippen LogP contribution in [0.4, 0.5) is 5.69 Å². The number of halogens is 2. The van der Waals surface area contributed by atoms with Crippen LogP contribution in [0.2, 0.25) is 10.0 Å². The lowest BCUT2D eigenvalue weighted by molar-refractivity contribution is 0.0641. The van der Waals surface area contributed by atoms with Crippen LogP contribution in [0.1, 0.15) is 36.7 Å². The molecule has 4 nitrogen and oxygen atoms in total. The molecule has 0 unspecified atom stereocenters. The van der Waals surface area contributed by atoms with Crippen molar-refractivity contribution in [3.8, 4) is 5.75 Å². The van der Waals surface area contributed by atoms with Crippen LogP contribution in [0.25, 0.3) is 0 Å². The zero-order valence-electron chi connectivity index (χ0n) is 14.4. The molecular formula is C19H21Cl2NO3. The Labute approximate surface area is 158 Å². The van der Waals surface area contributed by atoms with Crippen LogP contribution in [0.15, 0.2) is 36.4 Å². The number of benzene rings is 2. The molecule has 25 heavy (non-hydrogen) atoms. The normalized spacial score (nSPS) is 10.8. The summed E-state index contributed by atoms with van der Waals surface area (Å²) in [5.74, 6) is 0.429. The minimum absolute atomic E-state index is 0.0808. The first-order valence-electron chi connectivity index (χ1n) is 8.05. The van der Waals surface area contributed by atoms with Gasteiger partial charge in [0.2, 0.25) is 0 Å². The Morgan fingerprint density at radius 3 is 2.64 bits per heavy atom. The van der Waals surface area contributed by atoms with E-state index in [1.807, 2.05) is 20.8 Å². The van der Waals surface area contributed by atoms with Crippen LogP contribution in [0.3, 0.4) is 0 Å². The minimum atomic E-state index is -0.280. The highest BCUT2D eigenvalue weighted by Crippen LogP contribution is 2.30. The molecule has 2 rings (SSSR count). The Morgan fingerprint density at radius 1 is 1.20 bits per heavy atom. The Balaban J connectivity index is 2.23. The molecule has 134 valence electrons. The van der Waals surface area contributed by atoms with Gasteiger partial charge in [-0.3, -0.25) is 4.79 Å². The lowest BCUT2D eigenvalue weighted by Crippen LogP contribution is -2.13. The summed E-state index contributed by atoms with van der Waals surface area (Å²) < 4.78 is 11.3. The summed E-state index contributed by atoms with van der Waals surface area (Å²) >= 11 is 12.1. The third-order valence-electron chi connectivity index (χ3n) is 3.39. The molecule has 2 aromatic carbocycles. The third kappa shape index (κ3) is 5.36. The minimum Gasteiger partial charge on any atom is -0.494 e. The first-order valence-corrected chi connectivity index (χ1v) is 8.80. The van der Waals surface area contributed by atoms with Crippen molar-refractivity contribution in [3.05, 3.63) is 57.6 Å². The van der Waals surface area contributed by atoms with Gasteiger partial charge >= 0.3 is 0 Å². The van der Waals surface area contributed by atoms with Crippen LogP contribution in [-0.2, 0) is 11.3 Å². The summed E-state index contributed by atoms with van der Waals surface area (Å²) in [6.45, 7) is 6.73. The van der Waals surface area contributed by atoms with Crippen LogP contribution >= 0.6 is 23.2 Å². The molecule has 0 aliphatic heterocycles. The van der Waals surface area contributed by atoms with Crippen molar-refractivity contribution in [2.75, 3.05) is 11.9 Å². The number of carbonyl (C=O) groups excluding carboxylic acids is 1. The summed E-state index contributed by atoms with van der Waals surface area (Å²) in [7, 11) is 0. The molecule has 2 aromatic rings. The summed E-state index contributed by atoms with van der Waals surface area (Å²) in [4.78, 5) is 12.5. The lowest BCUT2D eigenvalue weighted by atomic mass is 10.1. The summed E-state index contributed by atoms with van der Waals surface area (Å²) in [5, 5.41) is 3.47. The number of hydrogen-bond donors (Lipinski definition) is 1. The molecule has 0 bridgehead atoms. The maximum absolute atomic E-state index is 12.5. The Hall–Kier alpha value is -1.75. The van der Waals surface area contributed by atoms with Crippen molar-refractivity contribution >= 4 is 34.8 Å². The highest BCUT2D eigenvalue weighted by molar-refractivity contribution is 6.44. The van der Waals surface area contributed by atoms with Gasteiger partial charge in [0.05, 0.1) is 35.1 Å². The molecule has 0 aliphatic rings. The van der Waals surface area contributed by atoms with Crippen LogP contribution in [0.5, 0.6) is 5.75 Å². The molecular weight excluding hydrogens is 361 g/mol. The zero-order chi connectivity index (χ0) is 18.4. The second kappa shape index (κ2) is 9.09. The molecule has 6 heteroatoms. The van der Waals surface area contributed by atoms with Crippen molar-refractivity contribution in [3.63, 3.8) is 0 Å². The molecule has 0 fully saturated rings. The fourth-order valence-electron chi connectivity index (χ4n) is 2.18. The second-order valence-corrected chi connectivity index (χ2v) is 6.46. The van der Waals surface area contributed by atoms with E-state index in [1.165, 1.54) is 0 Å². The highest BCUT2D eigenvalue weighted by Gasteiger charge is 2.13. The standard InChI is InChI=1S/C19H21Cl2NO3/c1-4-24-17-9-8-13(10-14(17)11-25-12(2)3)19(23)22-16-7-5-6-15(20)18(16)21/h5-10,12H,4,11H2,1-3H3,(H,22,23). The van der Waals surface area contributed by atoms with Gasteiger partial charge in [-0.05, 0) is 51.1 Å². The van der Waals surface area contributed by atoms with Crippen molar-refractivity contribution in [1.29, 1.82) is 0 Å². The second-order valence-electron chi connectivity index (χ2n) is 5.67. The maximum atomic E-state index is 12.5. The molecule has 0 saturated carbocycles. The molecule has 1 N–H and O–H groups in total. The topological polar surface area (TPSA) is 47.6 Å². The fraction of sp³-hybridized carbons (Fsp3) is 0.316. The largest absolute Gasteiger partial charge is 0.494 e. The number of nitrogens with one attached hydrogen (secondary N) is 1. The van der Waals surface area contributed by atoms with Crippen molar-refractivity contribution in [2.24, 2.45) is 0 Å². The van der Waals surface area contributed by atoms with Gasteiger partial charge in [-0.1, -0.05) is 29.3 Å². The number of carbonyl (C=O) groups is 1. The monoisotopic (exact) mass is 381 g/mol. The van der Waals surface area contributed by atoms with Gasteiger partial charge in [0.1, 0.15) is 5.75 Å². The summed E-state index contributed by atoms with van der Waals surface area (Å²) in [5.41, 5.74) is 1.77. The van der Waals surface area contributed by atoms with Gasteiger partial charge in [-0.15, -0.1) is 0 Å². The third-order valence-corrected chi connectivity index (χ3v) is 4.21. The smallest absolute Gasteiger partial charge is 0.255 e. The predicted octanol–water partition coefficient (Wildman–Crippen LogP) is 5.57. The zero-order valence-corrected chi connectivity index (χ0v) is 15.9. The van der Waals surface area contributed by atoms with Gasteiger partial charge < -0.3 is 14.8 Å². The lowest BCUT2D eigenvalue weighted by Gasteiger charge is -2.14. The van der Waals surface area contributed by atoms with Gasteiger partial charge in [-0.2, -0.15) is 0 Å². The van der Waals surface area contributed by atoms with Gasteiger partial charge in [0.25, 0.3) is 5.91 Å². The van der Waals surface area contributed by atoms with Crippen LogP contribution < -0.4 is 10.1 Å². The molecule has 0 heterocycles. The number of ether oxygens (including phenoxy) is 2. The van der Waals surface area contributed by atoms with E-state index in [0.717, 1.165) is 5.56 Å². The van der Waals surface area contributed by atoms with Gasteiger partial charge in [0, 0.05) is 11.1 Å². The van der Waals surface area contributed by atoms with Crippen LogP contribution in [-0.4, -0.2) is 18.6 Å². The van der Waals surface area contributed by atoms with Gasteiger partial charge in [0.15, 0.2) is 0 Å². The predicted molar refractivity (Wildman–Crippen MR) is 102 cm³/mol. The number of anilines is 1. The Morgan fingerprint density at radius 2 is 1.96 bits per heavy atom. The average molecular weight is 382 g/mol. The first-order chi connectivity index (χ1) is 11.9. The van der Waals surface area contributed by atoms with E-state index in [-0.39, 0.29) is 12.0 Å². The highest BCUT2D eigenvalue weighted by atomic mass is 35.5. The number of rotatable bonds is 7. The van der Waals surface area contributed by atoms with E-state index in [9.17, 15) is 4.79 Å².